The van der Waals surface area contributed by atoms with Crippen molar-refractivity contribution >= 4 is 29.1 Å². The maximum absolute atomic E-state index is 12.0. The Kier molecular flexibility index (Phi) is 9.74. The number of nitrogens with zero attached hydrogens (tertiary/aromatic N) is 2. The van der Waals surface area contributed by atoms with Crippen LogP contribution in [0.25, 0.3) is 5.76 Å². The fourth-order valence-electron chi connectivity index (χ4n) is 1.67. The summed E-state index contributed by atoms with van der Waals surface area (Å²) in [6, 6.07) is 18.5. The summed E-state index contributed by atoms with van der Waals surface area (Å²) in [6.07, 6.45) is 1.45. The van der Waals surface area contributed by atoms with Crippen molar-refractivity contribution in [2.45, 2.75) is 6.92 Å². The molecule has 0 heterocycles. The molecule has 3 N–H and O–H groups in total. The van der Waals surface area contributed by atoms with Crippen LogP contribution in [0.3, 0.4) is 0 Å². The first kappa shape index (κ1) is 21.0. The molecule has 23 heavy (non-hydrogen) atoms. The van der Waals surface area contributed by atoms with Gasteiger partial charge in [-0.25, -0.2) is 0 Å². The van der Waals surface area contributed by atoms with E-state index in [-0.39, 0.29) is 28.4 Å². The van der Waals surface area contributed by atoms with Crippen LogP contribution >= 0.6 is 0 Å². The van der Waals surface area contributed by atoms with Crippen molar-refractivity contribution in [3.63, 3.8) is 0 Å². The van der Waals surface area contributed by atoms with E-state index in [1.54, 1.807) is 19.1 Å². The number of hydrogen-bond acceptors (Lipinski definition) is 5. The van der Waals surface area contributed by atoms with Crippen LogP contribution in [0.2, 0.25) is 0 Å². The van der Waals surface area contributed by atoms with Gasteiger partial charge in [0.25, 0.3) is 0 Å². The average Bonchev–Trinajstić information content (AvgIpc) is 2.54. The Labute approximate surface area is 152 Å². The van der Waals surface area contributed by atoms with Gasteiger partial charge in [0.15, 0.2) is 0 Å². The van der Waals surface area contributed by atoms with Crippen molar-refractivity contribution in [2.75, 3.05) is 0 Å². The Morgan fingerprint density at radius 2 is 1.39 bits per heavy atom. The van der Waals surface area contributed by atoms with Crippen LogP contribution in [0.15, 0.2) is 76.9 Å². The number of hydrogen-bond donors (Lipinski definition) is 1. The van der Waals surface area contributed by atoms with Gasteiger partial charge < -0.3 is 23.9 Å². The fourth-order valence-corrected chi connectivity index (χ4v) is 1.84. The van der Waals surface area contributed by atoms with Gasteiger partial charge in [0.2, 0.25) is 0 Å². The molecule has 2 aromatic rings. The minimum Gasteiger partial charge on any atom is -0.872 e. The van der Waals surface area contributed by atoms with E-state index in [2.05, 4.69) is 10.2 Å². The van der Waals surface area contributed by atoms with Gasteiger partial charge in [0.05, 0.1) is 5.71 Å². The van der Waals surface area contributed by atoms with Crippen LogP contribution < -0.4 is 11.3 Å². The largest absolute Gasteiger partial charge is 2.00 e. The first-order chi connectivity index (χ1) is 10.2. The summed E-state index contributed by atoms with van der Waals surface area (Å²) in [5, 5.41) is 20.3. The average molecular weight is 370 g/mol. The van der Waals surface area contributed by atoms with E-state index in [9.17, 15) is 5.11 Å². The summed E-state index contributed by atoms with van der Waals surface area (Å²) >= 11 is 5.17. The Bertz CT molecular complexity index is 685. The van der Waals surface area contributed by atoms with E-state index in [0.29, 0.717) is 16.3 Å². The molecule has 0 radical (unpaired) electrons. The zero-order valence-electron chi connectivity index (χ0n) is 12.6. The van der Waals surface area contributed by atoms with E-state index in [1.807, 2.05) is 48.5 Å². The smallest absolute Gasteiger partial charge is 0.872 e. The van der Waals surface area contributed by atoms with E-state index < -0.39 is 0 Å². The molecule has 4 nitrogen and oxygen atoms in total. The monoisotopic (exact) mass is 369 g/mol. The second-order valence-electron chi connectivity index (χ2n) is 4.39. The van der Waals surface area contributed by atoms with Gasteiger partial charge in [0.1, 0.15) is 0 Å². The van der Waals surface area contributed by atoms with E-state index in [4.69, 9.17) is 12.6 Å². The Morgan fingerprint density at radius 1 is 0.913 bits per heavy atom. The number of rotatable bonds is 4. The third-order valence-electron chi connectivity index (χ3n) is 2.72. The molecule has 0 aliphatic heterocycles. The Balaban J connectivity index is 0.00000242. The quantitative estimate of drug-likeness (QED) is 0.224. The minimum atomic E-state index is -0.0994. The normalized spacial score (nSPS) is 12.1. The fraction of sp³-hybridized carbons (Fsp3) is 0.0588. The molecule has 0 fully saturated rings. The second-order valence-corrected chi connectivity index (χ2v) is 4.77. The zero-order chi connectivity index (χ0) is 15.1. The maximum Gasteiger partial charge on any atom is 2.00 e. The SMILES string of the molecule is CC(/C=C(\[O-])c1ccccc1)=N\N=C(/[S-])c1ccccc1.N.[Ni+2]. The van der Waals surface area contributed by atoms with Gasteiger partial charge in [-0.15, -0.1) is 0 Å². The molecule has 0 atom stereocenters. The molecule has 0 saturated carbocycles. The van der Waals surface area contributed by atoms with Crippen molar-refractivity contribution in [3.8, 4) is 0 Å². The van der Waals surface area contributed by atoms with Gasteiger partial charge >= 0.3 is 16.5 Å². The van der Waals surface area contributed by atoms with Crippen molar-refractivity contribution in [2.24, 2.45) is 10.2 Å². The standard InChI is InChI=1S/C17H16N2OS.H3N.Ni/c1-13(12-16(20)14-8-4-2-5-9-14)18-19-17(21)15-10-6-3-7-11-15;;/h2-12,20H,1H3,(H,19,21);1H3;/q;;+2/p-2/b16-12-,18-13+;;. The zero-order valence-corrected chi connectivity index (χ0v) is 14.4. The van der Waals surface area contributed by atoms with Crippen LogP contribution in [-0.4, -0.2) is 10.8 Å². The topological polar surface area (TPSA) is 82.8 Å². The molecule has 0 amide bonds. The summed E-state index contributed by atoms with van der Waals surface area (Å²) in [7, 11) is 0. The number of allylic oxidation sites excluding steroid dienone is 1. The molecule has 0 spiro atoms. The van der Waals surface area contributed by atoms with E-state index in [1.165, 1.54) is 6.08 Å². The first-order valence-corrected chi connectivity index (χ1v) is 6.86. The summed E-state index contributed by atoms with van der Waals surface area (Å²) in [6.45, 7) is 1.72. The van der Waals surface area contributed by atoms with Crippen molar-refractivity contribution in [1.82, 2.24) is 6.15 Å². The third-order valence-corrected chi connectivity index (χ3v) is 3.03. The first-order valence-electron chi connectivity index (χ1n) is 6.45. The van der Waals surface area contributed by atoms with Crippen LogP contribution in [-0.2, 0) is 29.1 Å². The molecular formula is C17H17N3NiOS. The van der Waals surface area contributed by atoms with Crippen molar-refractivity contribution < 1.29 is 21.6 Å². The molecule has 0 bridgehead atoms. The molecule has 0 unspecified atom stereocenters. The van der Waals surface area contributed by atoms with Crippen LogP contribution in [0.4, 0.5) is 0 Å². The summed E-state index contributed by atoms with van der Waals surface area (Å²) in [5.74, 6) is -0.0994. The Morgan fingerprint density at radius 3 is 1.91 bits per heavy atom. The van der Waals surface area contributed by atoms with Crippen LogP contribution in [0, 0.1) is 0 Å². The van der Waals surface area contributed by atoms with Crippen LogP contribution in [0.1, 0.15) is 18.1 Å². The van der Waals surface area contributed by atoms with Gasteiger partial charge in [0, 0.05) is 0 Å². The van der Waals surface area contributed by atoms with Crippen molar-refractivity contribution in [3.05, 3.63) is 77.9 Å². The summed E-state index contributed by atoms with van der Waals surface area (Å²) in [4.78, 5) is 0. The maximum atomic E-state index is 12.0. The van der Waals surface area contributed by atoms with E-state index in [0.717, 1.165) is 5.56 Å². The summed E-state index contributed by atoms with van der Waals surface area (Å²) in [5.41, 5.74) is 1.97. The molecule has 2 rings (SSSR count). The second kappa shape index (κ2) is 10.7. The van der Waals surface area contributed by atoms with E-state index >= 15 is 0 Å². The molecule has 122 valence electrons. The Hall–Kier alpha value is -2.01. The van der Waals surface area contributed by atoms with Gasteiger partial charge in [-0.05, 0) is 24.1 Å². The molecule has 0 saturated heterocycles. The minimum absolute atomic E-state index is 0. The predicted octanol–water partition coefficient (Wildman–Crippen LogP) is 2.92. The number of benzene rings is 2. The molecular weight excluding hydrogens is 353 g/mol. The third kappa shape index (κ3) is 6.74. The van der Waals surface area contributed by atoms with Gasteiger partial charge in [-0.1, -0.05) is 71.5 Å². The van der Waals surface area contributed by atoms with Gasteiger partial charge in [-0.3, -0.25) is 0 Å². The molecule has 6 heteroatoms. The molecule has 0 aliphatic rings. The van der Waals surface area contributed by atoms with Gasteiger partial charge in [-0.2, -0.15) is 10.2 Å². The molecule has 2 aromatic carbocycles. The molecule has 0 aromatic heterocycles. The summed E-state index contributed by atoms with van der Waals surface area (Å²) < 4.78 is 0. The van der Waals surface area contributed by atoms with Crippen molar-refractivity contribution in [1.29, 1.82) is 0 Å². The van der Waals surface area contributed by atoms with Crippen LogP contribution in [0.5, 0.6) is 0 Å². The molecule has 0 aliphatic carbocycles. The predicted molar refractivity (Wildman–Crippen MR) is 92.9 cm³/mol.